The molecule has 0 saturated carbocycles. The number of nitrogens with zero attached hydrogens (tertiary/aromatic N) is 4. The second-order valence-corrected chi connectivity index (χ2v) is 5.66. The third-order valence-electron chi connectivity index (χ3n) is 3.82. The van der Waals surface area contributed by atoms with E-state index < -0.39 is 0 Å². The minimum Gasteiger partial charge on any atom is -0.255 e. The number of rotatable bonds is 4. The van der Waals surface area contributed by atoms with Gasteiger partial charge in [-0.2, -0.15) is 0 Å². The van der Waals surface area contributed by atoms with E-state index in [0.29, 0.717) is 0 Å². The maximum absolute atomic E-state index is 4.65. The van der Waals surface area contributed by atoms with Gasteiger partial charge < -0.3 is 0 Å². The van der Waals surface area contributed by atoms with Crippen LogP contribution in [0.2, 0.25) is 0 Å². The minimum atomic E-state index is 0.850. The molecule has 4 heterocycles. The van der Waals surface area contributed by atoms with E-state index in [0.717, 1.165) is 34.2 Å². The fourth-order valence-corrected chi connectivity index (χ4v) is 2.57. The SMILES string of the molecule is C(=Cc1cccc(-c2ccccn2)n1)c1cccc(-c2ccccn2)n1. The molecule has 4 nitrogen and oxygen atoms in total. The molecule has 4 aromatic heterocycles. The highest BCUT2D eigenvalue weighted by molar-refractivity contribution is 5.69. The molecule has 0 aliphatic carbocycles. The second-order valence-electron chi connectivity index (χ2n) is 5.66. The smallest absolute Gasteiger partial charge is 0.0893 e. The van der Waals surface area contributed by atoms with Crippen LogP contribution in [-0.4, -0.2) is 19.9 Å². The molecule has 0 N–H and O–H groups in total. The number of hydrogen-bond donors (Lipinski definition) is 0. The van der Waals surface area contributed by atoms with Crippen LogP contribution in [-0.2, 0) is 0 Å². The normalized spacial score (nSPS) is 10.9. The topological polar surface area (TPSA) is 51.6 Å². The van der Waals surface area contributed by atoms with Crippen molar-refractivity contribution in [1.82, 2.24) is 19.9 Å². The molecular formula is C22H16N4. The summed E-state index contributed by atoms with van der Waals surface area (Å²) in [6.07, 6.45) is 7.45. The van der Waals surface area contributed by atoms with Crippen molar-refractivity contribution >= 4 is 12.2 Å². The molecule has 0 radical (unpaired) electrons. The molecule has 0 fully saturated rings. The van der Waals surface area contributed by atoms with Gasteiger partial charge in [-0.05, 0) is 60.7 Å². The Bertz CT molecular complexity index is 943. The lowest BCUT2D eigenvalue weighted by molar-refractivity contribution is 1.23. The van der Waals surface area contributed by atoms with Gasteiger partial charge in [0.1, 0.15) is 0 Å². The summed E-state index contributed by atoms with van der Waals surface area (Å²) in [6.45, 7) is 0. The molecular weight excluding hydrogens is 320 g/mol. The summed E-state index contributed by atoms with van der Waals surface area (Å²) in [4.78, 5) is 18.0. The van der Waals surface area contributed by atoms with E-state index in [-0.39, 0.29) is 0 Å². The molecule has 124 valence electrons. The average molecular weight is 336 g/mol. The Hall–Kier alpha value is -3.66. The molecule has 4 aromatic rings. The van der Waals surface area contributed by atoms with Crippen LogP contribution in [0.15, 0.2) is 85.2 Å². The molecule has 0 aromatic carbocycles. The molecule has 26 heavy (non-hydrogen) atoms. The van der Waals surface area contributed by atoms with Gasteiger partial charge in [-0.15, -0.1) is 0 Å². The first kappa shape index (κ1) is 15.8. The zero-order chi connectivity index (χ0) is 17.6. The van der Waals surface area contributed by atoms with Crippen molar-refractivity contribution in [3.05, 3.63) is 96.6 Å². The van der Waals surface area contributed by atoms with Gasteiger partial charge in [-0.3, -0.25) is 9.97 Å². The van der Waals surface area contributed by atoms with E-state index in [2.05, 4.69) is 19.9 Å². The van der Waals surface area contributed by atoms with E-state index in [1.54, 1.807) is 12.4 Å². The number of hydrogen-bond acceptors (Lipinski definition) is 4. The quantitative estimate of drug-likeness (QED) is 0.538. The third-order valence-corrected chi connectivity index (χ3v) is 3.82. The van der Waals surface area contributed by atoms with E-state index in [9.17, 15) is 0 Å². The van der Waals surface area contributed by atoms with Crippen LogP contribution in [0.5, 0.6) is 0 Å². The molecule has 4 heteroatoms. The Labute approximate surface area is 152 Å². The highest BCUT2D eigenvalue weighted by Crippen LogP contribution is 2.17. The lowest BCUT2D eigenvalue weighted by Gasteiger charge is -2.02. The fourth-order valence-electron chi connectivity index (χ4n) is 2.57. The van der Waals surface area contributed by atoms with E-state index in [4.69, 9.17) is 0 Å². The molecule has 0 unspecified atom stereocenters. The van der Waals surface area contributed by atoms with Crippen molar-refractivity contribution < 1.29 is 0 Å². The van der Waals surface area contributed by atoms with Gasteiger partial charge in [-0.25, -0.2) is 9.97 Å². The van der Waals surface area contributed by atoms with Crippen molar-refractivity contribution in [2.24, 2.45) is 0 Å². The van der Waals surface area contributed by atoms with Crippen LogP contribution in [0.25, 0.3) is 34.9 Å². The van der Waals surface area contributed by atoms with Gasteiger partial charge in [0.2, 0.25) is 0 Å². The summed E-state index contributed by atoms with van der Waals surface area (Å²) >= 11 is 0. The number of aromatic nitrogens is 4. The van der Waals surface area contributed by atoms with Gasteiger partial charge in [0.25, 0.3) is 0 Å². The van der Waals surface area contributed by atoms with Crippen LogP contribution in [0.1, 0.15) is 11.4 Å². The molecule has 0 aliphatic heterocycles. The third kappa shape index (κ3) is 3.70. The van der Waals surface area contributed by atoms with E-state index in [1.807, 2.05) is 84.9 Å². The Morgan fingerprint density at radius 2 is 0.923 bits per heavy atom. The van der Waals surface area contributed by atoms with Crippen molar-refractivity contribution in [1.29, 1.82) is 0 Å². The molecule has 4 rings (SSSR count). The van der Waals surface area contributed by atoms with Crippen LogP contribution in [0, 0.1) is 0 Å². The zero-order valence-electron chi connectivity index (χ0n) is 14.0. The first-order valence-corrected chi connectivity index (χ1v) is 8.33. The molecule has 0 spiro atoms. The van der Waals surface area contributed by atoms with E-state index in [1.165, 1.54) is 0 Å². The van der Waals surface area contributed by atoms with Crippen molar-refractivity contribution in [2.75, 3.05) is 0 Å². The molecule has 0 saturated heterocycles. The maximum Gasteiger partial charge on any atom is 0.0893 e. The monoisotopic (exact) mass is 336 g/mol. The summed E-state index contributed by atoms with van der Waals surface area (Å²) in [5.74, 6) is 0. The van der Waals surface area contributed by atoms with Crippen LogP contribution < -0.4 is 0 Å². The average Bonchev–Trinajstić information content (AvgIpc) is 2.74. The lowest BCUT2D eigenvalue weighted by Crippen LogP contribution is -1.90. The Morgan fingerprint density at radius 3 is 1.35 bits per heavy atom. The predicted octanol–water partition coefficient (Wildman–Crippen LogP) is 4.77. The maximum atomic E-state index is 4.65. The molecule has 0 amide bonds. The van der Waals surface area contributed by atoms with Crippen molar-refractivity contribution in [3.63, 3.8) is 0 Å². The standard InChI is InChI=1S/C22H16N4/c1-3-15-23-19(9-1)21-11-5-7-17(25-21)13-14-18-8-6-12-22(26-18)20-10-2-4-16-24-20/h1-16H. The van der Waals surface area contributed by atoms with Gasteiger partial charge in [0.05, 0.1) is 34.2 Å². The van der Waals surface area contributed by atoms with Gasteiger partial charge in [0.15, 0.2) is 0 Å². The Kier molecular flexibility index (Phi) is 4.56. The summed E-state index contributed by atoms with van der Waals surface area (Å²) in [7, 11) is 0. The molecule has 0 atom stereocenters. The highest BCUT2D eigenvalue weighted by atomic mass is 14.8. The summed E-state index contributed by atoms with van der Waals surface area (Å²) in [5, 5.41) is 0. The Balaban J connectivity index is 1.59. The minimum absolute atomic E-state index is 0.850. The predicted molar refractivity (Wildman–Crippen MR) is 104 cm³/mol. The highest BCUT2D eigenvalue weighted by Gasteiger charge is 2.02. The van der Waals surface area contributed by atoms with Gasteiger partial charge in [0, 0.05) is 12.4 Å². The first-order chi connectivity index (χ1) is 12.9. The zero-order valence-corrected chi connectivity index (χ0v) is 14.0. The Morgan fingerprint density at radius 1 is 0.462 bits per heavy atom. The summed E-state index contributed by atoms with van der Waals surface area (Å²) in [6, 6.07) is 23.4. The summed E-state index contributed by atoms with van der Waals surface area (Å²) in [5.41, 5.74) is 5.14. The van der Waals surface area contributed by atoms with Crippen molar-refractivity contribution in [2.45, 2.75) is 0 Å². The van der Waals surface area contributed by atoms with Crippen molar-refractivity contribution in [3.8, 4) is 22.8 Å². The van der Waals surface area contributed by atoms with E-state index >= 15 is 0 Å². The van der Waals surface area contributed by atoms with Crippen LogP contribution in [0.4, 0.5) is 0 Å². The van der Waals surface area contributed by atoms with Crippen LogP contribution in [0.3, 0.4) is 0 Å². The lowest BCUT2D eigenvalue weighted by atomic mass is 10.2. The largest absolute Gasteiger partial charge is 0.255 e. The second kappa shape index (κ2) is 7.49. The number of pyridine rings is 4. The van der Waals surface area contributed by atoms with Crippen LogP contribution >= 0.6 is 0 Å². The summed E-state index contributed by atoms with van der Waals surface area (Å²) < 4.78 is 0. The molecule has 0 aliphatic rings. The molecule has 0 bridgehead atoms. The fraction of sp³-hybridized carbons (Fsp3) is 0. The first-order valence-electron chi connectivity index (χ1n) is 8.33. The van der Waals surface area contributed by atoms with Gasteiger partial charge >= 0.3 is 0 Å². The van der Waals surface area contributed by atoms with Gasteiger partial charge in [-0.1, -0.05) is 24.3 Å².